The van der Waals surface area contributed by atoms with Crippen LogP contribution in [0.5, 0.6) is 0 Å². The summed E-state index contributed by atoms with van der Waals surface area (Å²) in [6, 6.07) is 5.23. The highest BCUT2D eigenvalue weighted by Gasteiger charge is 2.41. The zero-order chi connectivity index (χ0) is 33.1. The third kappa shape index (κ3) is 7.93. The first kappa shape index (κ1) is 34.6. The molecule has 0 saturated carbocycles. The average molecular weight is 666 g/mol. The number of dihydropyridines is 1. The summed E-state index contributed by atoms with van der Waals surface area (Å²) in [6.45, 7) is 11.0. The minimum Gasteiger partial charge on any atom is -0.466 e. The molecule has 45 heavy (non-hydrogen) atoms. The Balaban J connectivity index is 1.48. The van der Waals surface area contributed by atoms with Crippen molar-refractivity contribution in [3.05, 3.63) is 56.3 Å². The van der Waals surface area contributed by atoms with Crippen molar-refractivity contribution in [3.8, 4) is 0 Å². The summed E-state index contributed by atoms with van der Waals surface area (Å²) >= 11 is 13.2. The van der Waals surface area contributed by atoms with Gasteiger partial charge in [-0.2, -0.15) is 0 Å². The van der Waals surface area contributed by atoms with E-state index in [2.05, 4.69) is 10.2 Å². The Morgan fingerprint density at radius 3 is 1.96 bits per heavy atom. The fourth-order valence-electron chi connectivity index (χ4n) is 6.18. The molecule has 3 aliphatic heterocycles. The molecule has 3 heterocycles. The standard InChI is InChI=1S/C32H42Cl2N4O7/c1-19-25(29(40)43-5)28(26-21(33)8-7-9-22(26)34)27(30(41)44-6)23(35-19)18-24(39)37-16-14-36(15-17-37)20-10-12-38(13-11-20)31(42)45-32(2,3)4/h7-9,20,28,35H,10-18H2,1-6H3. The van der Waals surface area contributed by atoms with Crippen molar-refractivity contribution in [1.29, 1.82) is 0 Å². The molecule has 1 aromatic rings. The van der Waals surface area contributed by atoms with E-state index in [9.17, 15) is 19.2 Å². The Kier molecular flexibility index (Phi) is 11.1. The zero-order valence-corrected chi connectivity index (χ0v) is 28.2. The van der Waals surface area contributed by atoms with Crippen molar-refractivity contribution in [2.75, 3.05) is 53.5 Å². The second-order valence-electron chi connectivity index (χ2n) is 12.4. The largest absolute Gasteiger partial charge is 0.466 e. The predicted molar refractivity (Wildman–Crippen MR) is 170 cm³/mol. The Bertz CT molecular complexity index is 1370. The molecule has 2 saturated heterocycles. The molecule has 1 atom stereocenters. The molecule has 0 aliphatic carbocycles. The molecule has 1 N–H and O–H groups in total. The van der Waals surface area contributed by atoms with Crippen LogP contribution in [0.2, 0.25) is 10.0 Å². The molecule has 2 amide bonds. The van der Waals surface area contributed by atoms with Crippen LogP contribution in [0.25, 0.3) is 0 Å². The molecule has 11 nitrogen and oxygen atoms in total. The van der Waals surface area contributed by atoms with Gasteiger partial charge in [0.1, 0.15) is 5.60 Å². The van der Waals surface area contributed by atoms with Gasteiger partial charge in [0.15, 0.2) is 0 Å². The number of likely N-dealkylation sites (tertiary alicyclic amines) is 1. The van der Waals surface area contributed by atoms with Crippen LogP contribution in [0.1, 0.15) is 58.4 Å². The van der Waals surface area contributed by atoms with Crippen molar-refractivity contribution in [1.82, 2.24) is 20.0 Å². The highest BCUT2D eigenvalue weighted by atomic mass is 35.5. The lowest BCUT2D eigenvalue weighted by molar-refractivity contribution is -0.137. The quantitative estimate of drug-likeness (QED) is 0.347. The third-order valence-electron chi connectivity index (χ3n) is 8.37. The van der Waals surface area contributed by atoms with E-state index in [1.165, 1.54) is 14.2 Å². The number of esters is 2. The fraction of sp³-hybridized carbons (Fsp3) is 0.562. The number of allylic oxidation sites excluding steroid dienone is 1. The number of rotatable bonds is 6. The lowest BCUT2D eigenvalue weighted by Gasteiger charge is -2.43. The van der Waals surface area contributed by atoms with E-state index < -0.39 is 23.5 Å². The molecule has 0 radical (unpaired) electrons. The first-order valence-electron chi connectivity index (χ1n) is 15.1. The molecule has 0 spiro atoms. The van der Waals surface area contributed by atoms with E-state index in [1.807, 2.05) is 20.8 Å². The summed E-state index contributed by atoms with van der Waals surface area (Å²) in [4.78, 5) is 58.3. The summed E-state index contributed by atoms with van der Waals surface area (Å²) in [6.07, 6.45) is 1.28. The smallest absolute Gasteiger partial charge is 0.410 e. The Morgan fingerprint density at radius 1 is 0.867 bits per heavy atom. The lowest BCUT2D eigenvalue weighted by atomic mass is 9.79. The number of benzene rings is 1. The van der Waals surface area contributed by atoms with Gasteiger partial charge in [0.2, 0.25) is 5.91 Å². The molecular formula is C32H42Cl2N4O7. The van der Waals surface area contributed by atoms with Crippen molar-refractivity contribution < 1.29 is 33.4 Å². The van der Waals surface area contributed by atoms with E-state index in [-0.39, 0.29) is 39.6 Å². The molecule has 0 aromatic heterocycles. The fourth-order valence-corrected chi connectivity index (χ4v) is 6.80. The predicted octanol–water partition coefficient (Wildman–Crippen LogP) is 4.49. The molecule has 1 unspecified atom stereocenters. The van der Waals surface area contributed by atoms with Crippen molar-refractivity contribution in [2.24, 2.45) is 0 Å². The van der Waals surface area contributed by atoms with Gasteiger partial charge in [-0.25, -0.2) is 14.4 Å². The number of piperidine rings is 1. The second-order valence-corrected chi connectivity index (χ2v) is 13.2. The first-order valence-corrected chi connectivity index (χ1v) is 15.8. The number of nitrogens with one attached hydrogen (secondary N) is 1. The number of amides is 2. The highest BCUT2D eigenvalue weighted by Crippen LogP contribution is 2.45. The number of piperazine rings is 1. The van der Waals surface area contributed by atoms with Crippen molar-refractivity contribution in [2.45, 2.75) is 64.5 Å². The van der Waals surface area contributed by atoms with Crippen LogP contribution in [0.15, 0.2) is 40.7 Å². The van der Waals surface area contributed by atoms with Gasteiger partial charge >= 0.3 is 18.0 Å². The average Bonchev–Trinajstić information content (AvgIpc) is 2.99. The minimum atomic E-state index is -1.02. The maximum absolute atomic E-state index is 13.7. The second kappa shape index (κ2) is 14.4. The molecule has 3 aliphatic rings. The molecular weight excluding hydrogens is 623 g/mol. The van der Waals surface area contributed by atoms with Crippen molar-refractivity contribution in [3.63, 3.8) is 0 Å². The minimum absolute atomic E-state index is 0.0715. The molecule has 4 rings (SSSR count). The number of hydrogen-bond donors (Lipinski definition) is 1. The van der Waals surface area contributed by atoms with Crippen LogP contribution in [0.3, 0.4) is 0 Å². The van der Waals surface area contributed by atoms with Gasteiger partial charge < -0.3 is 29.3 Å². The summed E-state index contributed by atoms with van der Waals surface area (Å²) < 4.78 is 15.7. The lowest BCUT2D eigenvalue weighted by Crippen LogP contribution is -2.55. The monoisotopic (exact) mass is 664 g/mol. The van der Waals surface area contributed by atoms with Gasteiger partial charge in [0.25, 0.3) is 0 Å². The Labute approximate surface area is 274 Å². The number of carbonyl (C=O) groups excluding carboxylic acids is 4. The van der Waals surface area contributed by atoms with E-state index in [1.54, 1.807) is 34.9 Å². The summed E-state index contributed by atoms with van der Waals surface area (Å²) in [7, 11) is 2.48. The molecule has 246 valence electrons. The van der Waals surface area contributed by atoms with Crippen LogP contribution >= 0.6 is 23.2 Å². The maximum atomic E-state index is 13.7. The topological polar surface area (TPSA) is 118 Å². The molecule has 2 fully saturated rings. The number of halogens is 2. The van der Waals surface area contributed by atoms with E-state index in [4.69, 9.17) is 37.4 Å². The van der Waals surface area contributed by atoms with Crippen molar-refractivity contribution >= 4 is 47.1 Å². The molecule has 13 heteroatoms. The zero-order valence-electron chi connectivity index (χ0n) is 26.7. The normalized spacial score (nSPS) is 20.1. The first-order chi connectivity index (χ1) is 21.2. The summed E-state index contributed by atoms with van der Waals surface area (Å²) in [5, 5.41) is 3.62. The molecule has 0 bridgehead atoms. The maximum Gasteiger partial charge on any atom is 0.410 e. The van der Waals surface area contributed by atoms with E-state index in [0.717, 1.165) is 12.8 Å². The van der Waals surface area contributed by atoms with Crippen LogP contribution in [0, 0.1) is 0 Å². The number of carbonyl (C=O) groups is 4. The highest BCUT2D eigenvalue weighted by molar-refractivity contribution is 6.36. The van der Waals surface area contributed by atoms with Gasteiger partial charge in [0.05, 0.1) is 37.7 Å². The van der Waals surface area contributed by atoms with Crippen LogP contribution in [0.4, 0.5) is 4.79 Å². The number of nitrogens with zero attached hydrogens (tertiary/aromatic N) is 3. The number of methoxy groups -OCH3 is 2. The van der Waals surface area contributed by atoms with Gasteiger partial charge in [-0.05, 0) is 52.7 Å². The SMILES string of the molecule is COC(=O)C1=C(C)NC(CC(=O)N2CCN(C3CCN(C(=O)OC(C)(C)C)CC3)CC2)=C(C(=O)OC)C1c1c(Cl)cccc1Cl. The van der Waals surface area contributed by atoms with Gasteiger partial charge in [-0.3, -0.25) is 9.69 Å². The van der Waals surface area contributed by atoms with Crippen LogP contribution < -0.4 is 5.32 Å². The Morgan fingerprint density at radius 2 is 1.42 bits per heavy atom. The van der Waals surface area contributed by atoms with Crippen LogP contribution in [-0.2, 0) is 28.6 Å². The summed E-state index contributed by atoms with van der Waals surface area (Å²) in [5.74, 6) is -2.57. The van der Waals surface area contributed by atoms with Gasteiger partial charge in [-0.1, -0.05) is 29.3 Å². The van der Waals surface area contributed by atoms with Gasteiger partial charge in [-0.15, -0.1) is 0 Å². The molecule has 1 aromatic carbocycles. The Hall–Kier alpha value is -3.28. The number of ether oxygens (including phenoxy) is 3. The van der Waals surface area contributed by atoms with E-state index >= 15 is 0 Å². The summed E-state index contributed by atoms with van der Waals surface area (Å²) in [5.41, 5.74) is 0.769. The third-order valence-corrected chi connectivity index (χ3v) is 9.03. The van der Waals surface area contributed by atoms with Gasteiger partial charge in [0, 0.05) is 72.3 Å². The van der Waals surface area contributed by atoms with Crippen LogP contribution in [-0.4, -0.2) is 104 Å². The van der Waals surface area contributed by atoms with E-state index in [0.29, 0.717) is 62.3 Å². The number of hydrogen-bond acceptors (Lipinski definition) is 9.